The number of aromatic nitrogens is 2. The van der Waals surface area contributed by atoms with E-state index in [-0.39, 0.29) is 16.5 Å². The molecule has 0 unspecified atom stereocenters. The molecule has 2 N–H and O–H groups in total. The van der Waals surface area contributed by atoms with Crippen molar-refractivity contribution < 1.29 is 21.6 Å². The van der Waals surface area contributed by atoms with Gasteiger partial charge in [0.2, 0.25) is 0 Å². The van der Waals surface area contributed by atoms with Gasteiger partial charge in [0.15, 0.2) is 11.6 Å². The van der Waals surface area contributed by atoms with Crippen molar-refractivity contribution in [1.29, 1.82) is 0 Å². The predicted octanol–water partition coefficient (Wildman–Crippen LogP) is 3.44. The molecule has 0 aliphatic carbocycles. The molecule has 2 aromatic carbocycles. The molecule has 3 rings (SSSR count). The Kier molecular flexibility index (Phi) is 4.76. The lowest BCUT2D eigenvalue weighted by atomic mass is 10.3. The van der Waals surface area contributed by atoms with Gasteiger partial charge in [-0.05, 0) is 48.5 Å². The molecule has 0 aliphatic rings. The van der Waals surface area contributed by atoms with Crippen LogP contribution in [-0.4, -0.2) is 18.6 Å². The summed E-state index contributed by atoms with van der Waals surface area (Å²) in [7, 11) is -3.97. The van der Waals surface area contributed by atoms with Gasteiger partial charge in [0.1, 0.15) is 23.1 Å². The third-order valence-corrected chi connectivity index (χ3v) is 4.61. The number of anilines is 3. The van der Waals surface area contributed by atoms with E-state index < -0.39 is 33.2 Å². The molecule has 0 spiro atoms. The van der Waals surface area contributed by atoms with Crippen molar-refractivity contribution in [2.24, 2.45) is 0 Å². The zero-order valence-electron chi connectivity index (χ0n) is 12.9. The van der Waals surface area contributed by atoms with Crippen LogP contribution in [0, 0.1) is 17.5 Å². The van der Waals surface area contributed by atoms with Crippen LogP contribution in [0.5, 0.6) is 0 Å². The van der Waals surface area contributed by atoms with Crippen LogP contribution in [0.1, 0.15) is 0 Å². The maximum Gasteiger partial charge on any atom is 0.263 e. The molecule has 0 atom stereocenters. The van der Waals surface area contributed by atoms with Crippen LogP contribution in [0.2, 0.25) is 0 Å². The average Bonchev–Trinajstić information content (AvgIpc) is 2.60. The van der Waals surface area contributed by atoms with Crippen LogP contribution in [0.4, 0.5) is 30.5 Å². The third kappa shape index (κ3) is 3.91. The van der Waals surface area contributed by atoms with Crippen LogP contribution in [-0.2, 0) is 10.0 Å². The molecule has 134 valence electrons. The molecule has 0 aliphatic heterocycles. The highest BCUT2D eigenvalue weighted by atomic mass is 32.2. The Balaban J connectivity index is 1.76. The minimum Gasteiger partial charge on any atom is -0.334 e. The second-order valence-electron chi connectivity index (χ2n) is 5.08. The number of sulfonamides is 1. The smallest absolute Gasteiger partial charge is 0.263 e. The number of benzene rings is 2. The molecule has 0 saturated heterocycles. The largest absolute Gasteiger partial charge is 0.334 e. The lowest BCUT2D eigenvalue weighted by Gasteiger charge is -2.09. The number of rotatable bonds is 5. The summed E-state index contributed by atoms with van der Waals surface area (Å²) < 4.78 is 66.5. The van der Waals surface area contributed by atoms with Gasteiger partial charge in [-0.3, -0.25) is 4.72 Å². The maximum atomic E-state index is 13.6. The number of hydrogen-bond donors (Lipinski definition) is 2. The summed E-state index contributed by atoms with van der Waals surface area (Å²) in [6.07, 6.45) is 0. The minimum absolute atomic E-state index is 0.0127. The second-order valence-corrected chi connectivity index (χ2v) is 6.77. The monoisotopic (exact) mass is 380 g/mol. The lowest BCUT2D eigenvalue weighted by molar-refractivity contribution is 0.590. The van der Waals surface area contributed by atoms with E-state index >= 15 is 0 Å². The van der Waals surface area contributed by atoms with Crippen molar-refractivity contribution in [1.82, 2.24) is 10.2 Å². The summed E-state index contributed by atoms with van der Waals surface area (Å²) in [5, 5.41) is 9.73. The Hall–Kier alpha value is -3.14. The van der Waals surface area contributed by atoms with Gasteiger partial charge in [0, 0.05) is 0 Å². The molecule has 10 heteroatoms. The zero-order chi connectivity index (χ0) is 18.7. The Bertz CT molecular complexity index is 1010. The molecule has 26 heavy (non-hydrogen) atoms. The summed E-state index contributed by atoms with van der Waals surface area (Å²) in [6.45, 7) is 0. The molecular formula is C16H11F3N4O2S. The quantitative estimate of drug-likeness (QED) is 0.708. The van der Waals surface area contributed by atoms with E-state index in [2.05, 4.69) is 20.2 Å². The van der Waals surface area contributed by atoms with Gasteiger partial charge >= 0.3 is 0 Å². The van der Waals surface area contributed by atoms with Crippen molar-refractivity contribution in [2.45, 2.75) is 4.90 Å². The Morgan fingerprint density at radius 2 is 1.35 bits per heavy atom. The van der Waals surface area contributed by atoms with E-state index in [1.165, 1.54) is 18.2 Å². The maximum absolute atomic E-state index is 13.6. The summed E-state index contributed by atoms with van der Waals surface area (Å²) in [4.78, 5) is -0.156. The first kappa shape index (κ1) is 17.7. The summed E-state index contributed by atoms with van der Waals surface area (Å²) in [6, 6.07) is 10.1. The van der Waals surface area contributed by atoms with Gasteiger partial charge in [-0.1, -0.05) is 6.07 Å². The van der Waals surface area contributed by atoms with E-state index in [1.54, 1.807) is 0 Å². The molecular weight excluding hydrogens is 369 g/mol. The van der Waals surface area contributed by atoms with Crippen molar-refractivity contribution in [3.05, 3.63) is 72.0 Å². The highest BCUT2D eigenvalue weighted by Crippen LogP contribution is 2.22. The van der Waals surface area contributed by atoms with E-state index in [0.717, 1.165) is 36.4 Å². The van der Waals surface area contributed by atoms with Crippen LogP contribution >= 0.6 is 0 Å². The Morgan fingerprint density at radius 3 is 1.92 bits per heavy atom. The van der Waals surface area contributed by atoms with Gasteiger partial charge in [-0.2, -0.15) is 0 Å². The van der Waals surface area contributed by atoms with E-state index in [4.69, 9.17) is 0 Å². The van der Waals surface area contributed by atoms with Gasteiger partial charge in [-0.25, -0.2) is 21.6 Å². The van der Waals surface area contributed by atoms with Crippen molar-refractivity contribution in [3.8, 4) is 0 Å². The molecule has 1 heterocycles. The number of hydrogen-bond acceptors (Lipinski definition) is 5. The molecule has 0 fully saturated rings. The first-order chi connectivity index (χ1) is 12.3. The SMILES string of the molecule is O=S(=O)(Nc1ccc(Nc2c(F)cccc2F)nn1)c1ccc(F)cc1. The minimum atomic E-state index is -3.97. The molecule has 1 aromatic heterocycles. The molecule has 3 aromatic rings. The standard InChI is InChI=1S/C16H11F3N4O2S/c17-10-4-6-11(7-5-10)26(24,25)23-15-9-8-14(21-22-15)20-16-12(18)2-1-3-13(16)19/h1-9H,(H,20,21)(H,22,23). The first-order valence-corrected chi connectivity index (χ1v) is 8.66. The van der Waals surface area contributed by atoms with Gasteiger partial charge in [0.05, 0.1) is 4.90 Å². The zero-order valence-corrected chi connectivity index (χ0v) is 13.8. The van der Waals surface area contributed by atoms with Gasteiger partial charge < -0.3 is 5.32 Å². The first-order valence-electron chi connectivity index (χ1n) is 7.18. The van der Waals surface area contributed by atoms with Crippen molar-refractivity contribution in [3.63, 3.8) is 0 Å². The summed E-state index contributed by atoms with van der Waals surface area (Å²) >= 11 is 0. The lowest BCUT2D eigenvalue weighted by Crippen LogP contribution is -2.14. The van der Waals surface area contributed by atoms with Crippen LogP contribution < -0.4 is 10.0 Å². The molecule has 6 nitrogen and oxygen atoms in total. The summed E-state index contributed by atoms with van der Waals surface area (Å²) in [5.74, 6) is -2.30. The van der Waals surface area contributed by atoms with Crippen LogP contribution in [0.25, 0.3) is 0 Å². The Labute approximate surface area is 146 Å². The van der Waals surface area contributed by atoms with Crippen LogP contribution in [0.3, 0.4) is 0 Å². The number of nitrogens with one attached hydrogen (secondary N) is 2. The van der Waals surface area contributed by atoms with Crippen molar-refractivity contribution >= 4 is 27.3 Å². The molecule has 0 amide bonds. The topological polar surface area (TPSA) is 84.0 Å². The van der Waals surface area contributed by atoms with Gasteiger partial charge in [-0.15, -0.1) is 10.2 Å². The molecule has 0 bridgehead atoms. The fraction of sp³-hybridized carbons (Fsp3) is 0. The summed E-state index contributed by atoms with van der Waals surface area (Å²) in [5.41, 5.74) is -0.401. The fourth-order valence-electron chi connectivity index (χ4n) is 2.01. The predicted molar refractivity (Wildman–Crippen MR) is 88.9 cm³/mol. The highest BCUT2D eigenvalue weighted by molar-refractivity contribution is 7.92. The van der Waals surface area contributed by atoms with E-state index in [0.29, 0.717) is 0 Å². The van der Waals surface area contributed by atoms with Crippen molar-refractivity contribution in [2.75, 3.05) is 10.0 Å². The molecule has 0 saturated carbocycles. The number of halogens is 3. The fourth-order valence-corrected chi connectivity index (χ4v) is 3.01. The molecule has 0 radical (unpaired) electrons. The highest BCUT2D eigenvalue weighted by Gasteiger charge is 2.15. The number of para-hydroxylation sites is 1. The second kappa shape index (κ2) is 7.00. The van der Waals surface area contributed by atoms with E-state index in [1.807, 2.05) is 0 Å². The van der Waals surface area contributed by atoms with E-state index in [9.17, 15) is 21.6 Å². The third-order valence-electron chi connectivity index (χ3n) is 3.24. The van der Waals surface area contributed by atoms with Gasteiger partial charge in [0.25, 0.3) is 10.0 Å². The average molecular weight is 380 g/mol. The Morgan fingerprint density at radius 1 is 0.769 bits per heavy atom. The van der Waals surface area contributed by atoms with Crippen LogP contribution in [0.15, 0.2) is 59.5 Å². The normalized spacial score (nSPS) is 11.2. The number of nitrogens with zero attached hydrogens (tertiary/aromatic N) is 2.